The minimum atomic E-state index is -0.752. The Labute approximate surface area is 170 Å². The number of amides is 5. The van der Waals surface area contributed by atoms with Gasteiger partial charge in [0.05, 0.1) is 0 Å². The summed E-state index contributed by atoms with van der Waals surface area (Å²) in [4.78, 5) is 51.7. The number of benzene rings is 1. The molecule has 2 aliphatic rings. The first kappa shape index (κ1) is 20.8. The van der Waals surface area contributed by atoms with E-state index in [9.17, 15) is 19.2 Å². The van der Waals surface area contributed by atoms with Gasteiger partial charge in [0.1, 0.15) is 5.54 Å². The second-order valence-corrected chi connectivity index (χ2v) is 7.95. The molecule has 0 aromatic heterocycles. The van der Waals surface area contributed by atoms with Gasteiger partial charge in [0.15, 0.2) is 0 Å². The lowest BCUT2D eigenvalue weighted by Gasteiger charge is -2.30. The van der Waals surface area contributed by atoms with Crippen molar-refractivity contribution in [2.24, 2.45) is 0 Å². The first-order valence-corrected chi connectivity index (χ1v) is 10.0. The van der Waals surface area contributed by atoms with Gasteiger partial charge in [0.25, 0.3) is 11.8 Å². The Kier molecular flexibility index (Phi) is 6.20. The molecule has 0 unspecified atom stereocenters. The molecule has 0 atom stereocenters. The highest BCUT2D eigenvalue weighted by molar-refractivity contribution is 6.07. The Morgan fingerprint density at radius 1 is 1.10 bits per heavy atom. The first-order valence-electron chi connectivity index (χ1n) is 10.0. The van der Waals surface area contributed by atoms with Crippen LogP contribution in [0.3, 0.4) is 0 Å². The quantitative estimate of drug-likeness (QED) is 0.710. The van der Waals surface area contributed by atoms with Gasteiger partial charge in [-0.3, -0.25) is 19.3 Å². The number of hydrogen-bond donors (Lipinski definition) is 2. The SMILES string of the molecule is CN(C)C(=O)c1ccc(CNC(=O)CCN2C(=O)NC3(CCCCC3)C2=O)cc1. The zero-order chi connectivity index (χ0) is 21.0. The number of nitrogens with zero attached hydrogens (tertiary/aromatic N) is 2. The molecule has 0 radical (unpaired) electrons. The minimum Gasteiger partial charge on any atom is -0.352 e. The monoisotopic (exact) mass is 400 g/mol. The van der Waals surface area contributed by atoms with Crippen molar-refractivity contribution in [3.63, 3.8) is 0 Å². The number of rotatable bonds is 6. The Morgan fingerprint density at radius 2 is 1.76 bits per heavy atom. The number of carbonyl (C=O) groups is 4. The normalized spacial score (nSPS) is 17.9. The Morgan fingerprint density at radius 3 is 2.38 bits per heavy atom. The summed E-state index contributed by atoms with van der Waals surface area (Å²) in [5.41, 5.74) is 0.697. The molecule has 1 aliphatic carbocycles. The van der Waals surface area contributed by atoms with Gasteiger partial charge in [0, 0.05) is 39.2 Å². The van der Waals surface area contributed by atoms with E-state index in [1.807, 2.05) is 0 Å². The predicted molar refractivity (Wildman–Crippen MR) is 107 cm³/mol. The maximum absolute atomic E-state index is 12.7. The van der Waals surface area contributed by atoms with Gasteiger partial charge in [-0.1, -0.05) is 31.4 Å². The van der Waals surface area contributed by atoms with Gasteiger partial charge >= 0.3 is 6.03 Å². The minimum absolute atomic E-state index is 0.0619. The number of urea groups is 1. The molecule has 1 aromatic rings. The molecular formula is C21H28N4O4. The van der Waals surface area contributed by atoms with E-state index in [0.717, 1.165) is 24.8 Å². The fourth-order valence-corrected chi connectivity index (χ4v) is 3.90. The molecule has 1 saturated carbocycles. The second-order valence-electron chi connectivity index (χ2n) is 7.95. The average Bonchev–Trinajstić information content (AvgIpc) is 2.94. The zero-order valence-electron chi connectivity index (χ0n) is 17.0. The number of carbonyl (C=O) groups excluding carboxylic acids is 4. The molecule has 1 aliphatic heterocycles. The molecule has 5 amide bonds. The van der Waals surface area contributed by atoms with Crippen molar-refractivity contribution >= 4 is 23.8 Å². The third-order valence-electron chi connectivity index (χ3n) is 5.61. The van der Waals surface area contributed by atoms with E-state index in [2.05, 4.69) is 10.6 Å². The Bertz CT molecular complexity index is 797. The van der Waals surface area contributed by atoms with Crippen LogP contribution in [0.15, 0.2) is 24.3 Å². The van der Waals surface area contributed by atoms with E-state index in [1.54, 1.807) is 38.4 Å². The molecule has 1 saturated heterocycles. The van der Waals surface area contributed by atoms with Crippen LogP contribution in [-0.2, 0) is 16.1 Å². The standard InChI is InChI=1S/C21H28N4O4/c1-24(2)18(27)16-8-6-15(7-9-16)14-22-17(26)10-13-25-19(28)21(23-20(25)29)11-4-3-5-12-21/h6-9H,3-5,10-14H2,1-2H3,(H,22,26)(H,23,29). The fraction of sp³-hybridized carbons (Fsp3) is 0.524. The van der Waals surface area contributed by atoms with Crippen LogP contribution in [0, 0.1) is 0 Å². The van der Waals surface area contributed by atoms with E-state index in [-0.39, 0.29) is 30.7 Å². The summed E-state index contributed by atoms with van der Waals surface area (Å²) in [5.74, 6) is -0.510. The van der Waals surface area contributed by atoms with Crippen molar-refractivity contribution in [1.82, 2.24) is 20.4 Å². The maximum Gasteiger partial charge on any atom is 0.325 e. The summed E-state index contributed by atoms with van der Waals surface area (Å²) in [7, 11) is 3.38. The van der Waals surface area contributed by atoms with E-state index in [0.29, 0.717) is 24.9 Å². The van der Waals surface area contributed by atoms with Gasteiger partial charge in [-0.15, -0.1) is 0 Å². The molecule has 8 heteroatoms. The molecule has 1 aromatic carbocycles. The summed E-state index contributed by atoms with van der Waals surface area (Å²) in [5, 5.41) is 5.64. The van der Waals surface area contributed by atoms with Crippen LogP contribution < -0.4 is 10.6 Å². The summed E-state index contributed by atoms with van der Waals surface area (Å²) < 4.78 is 0. The van der Waals surface area contributed by atoms with Crippen LogP contribution in [0.5, 0.6) is 0 Å². The lowest BCUT2D eigenvalue weighted by atomic mass is 9.82. The van der Waals surface area contributed by atoms with Crippen molar-refractivity contribution in [1.29, 1.82) is 0 Å². The van der Waals surface area contributed by atoms with Crippen molar-refractivity contribution in [3.8, 4) is 0 Å². The maximum atomic E-state index is 12.7. The molecule has 156 valence electrons. The highest BCUT2D eigenvalue weighted by Crippen LogP contribution is 2.33. The van der Waals surface area contributed by atoms with Crippen LogP contribution in [0.4, 0.5) is 4.79 Å². The summed E-state index contributed by atoms with van der Waals surface area (Å²) >= 11 is 0. The largest absolute Gasteiger partial charge is 0.352 e. The Balaban J connectivity index is 1.47. The molecule has 1 spiro atoms. The fourth-order valence-electron chi connectivity index (χ4n) is 3.90. The van der Waals surface area contributed by atoms with Gasteiger partial charge in [-0.2, -0.15) is 0 Å². The highest BCUT2D eigenvalue weighted by atomic mass is 16.2. The summed E-state index contributed by atoms with van der Waals surface area (Å²) in [6, 6.07) is 6.63. The van der Waals surface area contributed by atoms with Crippen molar-refractivity contribution in [2.45, 2.75) is 50.6 Å². The van der Waals surface area contributed by atoms with Gasteiger partial charge in [0.2, 0.25) is 5.91 Å². The highest BCUT2D eigenvalue weighted by Gasteiger charge is 2.50. The average molecular weight is 400 g/mol. The molecule has 0 bridgehead atoms. The van der Waals surface area contributed by atoms with Crippen LogP contribution in [-0.4, -0.2) is 59.7 Å². The van der Waals surface area contributed by atoms with Crippen molar-refractivity contribution < 1.29 is 19.2 Å². The lowest BCUT2D eigenvalue weighted by molar-refractivity contribution is -0.132. The third kappa shape index (κ3) is 4.58. The van der Waals surface area contributed by atoms with Crippen LogP contribution >= 0.6 is 0 Å². The van der Waals surface area contributed by atoms with E-state index in [1.165, 1.54) is 9.80 Å². The third-order valence-corrected chi connectivity index (χ3v) is 5.61. The lowest BCUT2D eigenvalue weighted by Crippen LogP contribution is -2.48. The van der Waals surface area contributed by atoms with Crippen LogP contribution in [0.1, 0.15) is 54.4 Å². The number of hydrogen-bond acceptors (Lipinski definition) is 4. The smallest absolute Gasteiger partial charge is 0.325 e. The predicted octanol–water partition coefficient (Wildman–Crippen LogP) is 1.65. The van der Waals surface area contributed by atoms with Gasteiger partial charge in [-0.25, -0.2) is 4.79 Å². The van der Waals surface area contributed by atoms with E-state index >= 15 is 0 Å². The zero-order valence-corrected chi connectivity index (χ0v) is 17.0. The number of nitrogens with one attached hydrogen (secondary N) is 2. The van der Waals surface area contributed by atoms with Gasteiger partial charge < -0.3 is 15.5 Å². The van der Waals surface area contributed by atoms with E-state index < -0.39 is 11.6 Å². The Hall–Kier alpha value is -2.90. The second kappa shape index (κ2) is 8.63. The van der Waals surface area contributed by atoms with Crippen LogP contribution in [0.25, 0.3) is 0 Å². The molecular weight excluding hydrogens is 372 g/mol. The summed E-state index contributed by atoms with van der Waals surface area (Å²) in [6.45, 7) is 0.397. The van der Waals surface area contributed by atoms with Crippen molar-refractivity contribution in [2.75, 3.05) is 20.6 Å². The first-order chi connectivity index (χ1) is 13.8. The summed E-state index contributed by atoms with van der Waals surface area (Å²) in [6.07, 6.45) is 4.35. The molecule has 2 N–H and O–H groups in total. The topological polar surface area (TPSA) is 98.8 Å². The molecule has 2 fully saturated rings. The van der Waals surface area contributed by atoms with Crippen molar-refractivity contribution in [3.05, 3.63) is 35.4 Å². The van der Waals surface area contributed by atoms with Crippen LogP contribution in [0.2, 0.25) is 0 Å². The molecule has 1 heterocycles. The molecule has 29 heavy (non-hydrogen) atoms. The van der Waals surface area contributed by atoms with E-state index in [4.69, 9.17) is 0 Å². The molecule has 8 nitrogen and oxygen atoms in total. The van der Waals surface area contributed by atoms with Gasteiger partial charge in [-0.05, 0) is 30.5 Å². The number of imide groups is 1. The molecule has 3 rings (SSSR count).